The first-order valence-corrected chi connectivity index (χ1v) is 4.10. The van der Waals surface area contributed by atoms with E-state index in [9.17, 15) is 4.79 Å². The maximum atomic E-state index is 10.5. The van der Waals surface area contributed by atoms with Crippen LogP contribution in [0.4, 0.5) is 0 Å². The van der Waals surface area contributed by atoms with E-state index in [4.69, 9.17) is 21.8 Å². The maximum absolute atomic E-state index is 10.5. The lowest BCUT2D eigenvalue weighted by molar-refractivity contribution is -0.108. The topological polar surface area (TPSA) is 57.5 Å². The molecule has 0 saturated carbocycles. The lowest BCUT2D eigenvalue weighted by Crippen LogP contribution is -1.95. The Bertz CT molecular complexity index is 336. The van der Waals surface area contributed by atoms with Gasteiger partial charge in [-0.1, -0.05) is 18.5 Å². The zero-order valence-electron chi connectivity index (χ0n) is 6.99. The highest BCUT2D eigenvalue weighted by atomic mass is 35.5. The Labute approximate surface area is 80.6 Å². The predicted molar refractivity (Wildman–Crippen MR) is 49.3 cm³/mol. The molecule has 1 unspecified atom stereocenters. The molecule has 0 amide bonds. The summed E-state index contributed by atoms with van der Waals surface area (Å²) in [4.78, 5) is 10.5. The third-order valence-corrected chi connectivity index (χ3v) is 2.12. The molecule has 0 bridgehead atoms. The fourth-order valence-electron chi connectivity index (χ4n) is 0.990. The van der Waals surface area contributed by atoms with Gasteiger partial charge >= 0.3 is 0 Å². The van der Waals surface area contributed by atoms with Gasteiger partial charge in [0.15, 0.2) is 11.5 Å². The van der Waals surface area contributed by atoms with E-state index in [0.717, 1.165) is 6.29 Å². The summed E-state index contributed by atoms with van der Waals surface area (Å²) in [5.74, 6) is -0.945. The van der Waals surface area contributed by atoms with Crippen molar-refractivity contribution in [3.05, 3.63) is 22.7 Å². The van der Waals surface area contributed by atoms with E-state index in [1.165, 1.54) is 12.1 Å². The lowest BCUT2D eigenvalue weighted by Gasteiger charge is -2.08. The molecule has 0 spiro atoms. The predicted octanol–water partition coefficient (Wildman–Crippen LogP) is 2.05. The van der Waals surface area contributed by atoms with Crippen LogP contribution in [0.2, 0.25) is 5.02 Å². The maximum Gasteiger partial charge on any atom is 0.158 e. The van der Waals surface area contributed by atoms with Crippen LogP contribution < -0.4 is 0 Å². The third-order valence-electron chi connectivity index (χ3n) is 1.79. The Morgan fingerprint density at radius 1 is 1.38 bits per heavy atom. The van der Waals surface area contributed by atoms with Gasteiger partial charge in [-0.15, -0.1) is 0 Å². The summed E-state index contributed by atoms with van der Waals surface area (Å²) < 4.78 is 0. The van der Waals surface area contributed by atoms with Crippen LogP contribution in [-0.4, -0.2) is 16.5 Å². The number of carbonyl (C=O) groups excluding carboxylic acids is 1. The van der Waals surface area contributed by atoms with Crippen LogP contribution in [0, 0.1) is 0 Å². The summed E-state index contributed by atoms with van der Waals surface area (Å²) in [6.07, 6.45) is 0.720. The van der Waals surface area contributed by atoms with Gasteiger partial charge in [-0.05, 0) is 11.6 Å². The van der Waals surface area contributed by atoms with Gasteiger partial charge in [0.05, 0.1) is 0 Å². The van der Waals surface area contributed by atoms with Gasteiger partial charge in [0.25, 0.3) is 0 Å². The molecule has 2 N–H and O–H groups in total. The van der Waals surface area contributed by atoms with Crippen LogP contribution in [-0.2, 0) is 4.79 Å². The number of rotatable bonds is 2. The van der Waals surface area contributed by atoms with Gasteiger partial charge < -0.3 is 15.0 Å². The highest BCUT2D eigenvalue weighted by Gasteiger charge is 2.12. The molecule has 0 saturated heterocycles. The molecule has 70 valence electrons. The van der Waals surface area contributed by atoms with Gasteiger partial charge in [-0.3, -0.25) is 0 Å². The van der Waals surface area contributed by atoms with E-state index in [1.54, 1.807) is 6.92 Å². The molecule has 0 radical (unpaired) electrons. The smallest absolute Gasteiger partial charge is 0.158 e. The number of phenols is 2. The lowest BCUT2D eigenvalue weighted by atomic mass is 10.0. The Morgan fingerprint density at radius 3 is 2.46 bits per heavy atom. The zero-order valence-corrected chi connectivity index (χ0v) is 7.75. The SMILES string of the molecule is CC(C=O)c1cc(O)c(O)cc1Cl. The largest absolute Gasteiger partial charge is 0.504 e. The quantitative estimate of drug-likeness (QED) is 0.568. The monoisotopic (exact) mass is 200 g/mol. The first-order chi connectivity index (χ1) is 6.06. The number of halogens is 1. The summed E-state index contributed by atoms with van der Waals surface area (Å²) >= 11 is 5.75. The van der Waals surface area contributed by atoms with Crippen LogP contribution in [0.1, 0.15) is 18.4 Å². The number of carbonyl (C=O) groups is 1. The van der Waals surface area contributed by atoms with Gasteiger partial charge in [-0.2, -0.15) is 0 Å². The molecule has 1 aromatic carbocycles. The van der Waals surface area contributed by atoms with Crippen LogP contribution in [0.15, 0.2) is 12.1 Å². The molecule has 0 aliphatic rings. The van der Waals surface area contributed by atoms with E-state index in [2.05, 4.69) is 0 Å². The molecule has 0 fully saturated rings. The standard InChI is InChI=1S/C9H9ClO3/c1-5(4-11)6-2-8(12)9(13)3-7(6)10/h2-5,12-13H,1H3. The minimum absolute atomic E-state index is 0.270. The zero-order chi connectivity index (χ0) is 10.0. The third kappa shape index (κ3) is 1.92. The fraction of sp³-hybridized carbons (Fsp3) is 0.222. The molecular formula is C9H9ClO3. The number of benzene rings is 1. The van der Waals surface area contributed by atoms with Crippen LogP contribution in [0.25, 0.3) is 0 Å². The van der Waals surface area contributed by atoms with Crippen molar-refractivity contribution in [2.24, 2.45) is 0 Å². The molecule has 4 heteroatoms. The van der Waals surface area contributed by atoms with Crippen molar-refractivity contribution in [2.45, 2.75) is 12.8 Å². The van der Waals surface area contributed by atoms with Crippen molar-refractivity contribution in [3.8, 4) is 11.5 Å². The summed E-state index contributed by atoms with van der Waals surface area (Å²) in [7, 11) is 0. The Kier molecular flexibility index (Phi) is 2.78. The second-order valence-corrected chi connectivity index (χ2v) is 3.19. The molecule has 1 rings (SSSR count). The van der Waals surface area contributed by atoms with E-state index >= 15 is 0 Å². The summed E-state index contributed by atoms with van der Waals surface area (Å²) in [6.45, 7) is 1.66. The molecule has 1 atom stereocenters. The van der Waals surface area contributed by atoms with E-state index in [-0.39, 0.29) is 22.4 Å². The molecule has 3 nitrogen and oxygen atoms in total. The van der Waals surface area contributed by atoms with Gasteiger partial charge in [0.1, 0.15) is 6.29 Å². The Morgan fingerprint density at radius 2 is 1.92 bits per heavy atom. The van der Waals surface area contributed by atoms with E-state index in [0.29, 0.717) is 5.56 Å². The van der Waals surface area contributed by atoms with E-state index in [1.807, 2.05) is 0 Å². The molecule has 1 aromatic rings. The fourth-order valence-corrected chi connectivity index (χ4v) is 1.32. The van der Waals surface area contributed by atoms with Crippen LogP contribution >= 0.6 is 11.6 Å². The molecule has 0 aliphatic carbocycles. The minimum atomic E-state index is -0.390. The second kappa shape index (κ2) is 3.66. The normalized spacial score (nSPS) is 12.5. The summed E-state index contributed by atoms with van der Waals surface area (Å²) in [6, 6.07) is 2.50. The second-order valence-electron chi connectivity index (χ2n) is 2.79. The first-order valence-electron chi connectivity index (χ1n) is 3.73. The molecule has 0 heterocycles. The first kappa shape index (κ1) is 9.86. The molecule has 13 heavy (non-hydrogen) atoms. The van der Waals surface area contributed by atoms with Gasteiger partial charge in [0.2, 0.25) is 0 Å². The van der Waals surface area contributed by atoms with Gasteiger partial charge in [-0.25, -0.2) is 0 Å². The molecule has 0 aromatic heterocycles. The summed E-state index contributed by atoms with van der Waals surface area (Å²) in [5.41, 5.74) is 0.506. The number of aldehydes is 1. The van der Waals surface area contributed by atoms with E-state index < -0.39 is 0 Å². The number of hydrogen-bond acceptors (Lipinski definition) is 3. The van der Waals surface area contributed by atoms with Crippen molar-refractivity contribution >= 4 is 17.9 Å². The Balaban J connectivity index is 3.22. The summed E-state index contributed by atoms with van der Waals surface area (Å²) in [5, 5.41) is 18.5. The molecule has 0 aliphatic heterocycles. The van der Waals surface area contributed by atoms with Crippen LogP contribution in [0.3, 0.4) is 0 Å². The molecular weight excluding hydrogens is 192 g/mol. The van der Waals surface area contributed by atoms with Crippen molar-refractivity contribution < 1.29 is 15.0 Å². The number of phenolic OH excluding ortho intramolecular Hbond substituents is 2. The van der Waals surface area contributed by atoms with Crippen molar-refractivity contribution in [2.75, 3.05) is 0 Å². The Hall–Kier alpha value is -1.22. The van der Waals surface area contributed by atoms with Crippen molar-refractivity contribution in [3.63, 3.8) is 0 Å². The minimum Gasteiger partial charge on any atom is -0.504 e. The van der Waals surface area contributed by atoms with Crippen molar-refractivity contribution in [1.29, 1.82) is 0 Å². The van der Waals surface area contributed by atoms with Crippen LogP contribution in [0.5, 0.6) is 11.5 Å². The average Bonchev–Trinajstić information content (AvgIpc) is 2.10. The highest BCUT2D eigenvalue weighted by Crippen LogP contribution is 2.34. The highest BCUT2D eigenvalue weighted by molar-refractivity contribution is 6.31. The average molecular weight is 201 g/mol. The number of hydrogen-bond donors (Lipinski definition) is 2. The number of aromatic hydroxyl groups is 2. The van der Waals surface area contributed by atoms with Crippen molar-refractivity contribution in [1.82, 2.24) is 0 Å². The van der Waals surface area contributed by atoms with Gasteiger partial charge in [0, 0.05) is 17.0 Å².